The van der Waals surface area contributed by atoms with E-state index in [-0.39, 0.29) is 0 Å². The fraction of sp³-hybridized carbons (Fsp3) is 0.357. The minimum Gasteiger partial charge on any atom is -0.313 e. The third kappa shape index (κ3) is 3.21. The van der Waals surface area contributed by atoms with Gasteiger partial charge in [-0.2, -0.15) is 5.10 Å². The number of rotatable bonds is 5. The molecule has 3 nitrogen and oxygen atoms in total. The highest BCUT2D eigenvalue weighted by Crippen LogP contribution is 2.17. The first-order chi connectivity index (χ1) is 8.70. The van der Waals surface area contributed by atoms with Crippen molar-refractivity contribution in [3.8, 4) is 0 Å². The normalized spacial score (nSPS) is 10.8. The summed E-state index contributed by atoms with van der Waals surface area (Å²) in [6.45, 7) is 6.84. The molecule has 0 spiro atoms. The molecule has 0 saturated carbocycles. The second kappa shape index (κ2) is 6.16. The van der Waals surface area contributed by atoms with Crippen LogP contribution in [0.15, 0.2) is 34.9 Å². The maximum atomic E-state index is 4.56. The Hall–Kier alpha value is -1.13. The van der Waals surface area contributed by atoms with Crippen molar-refractivity contribution >= 4 is 15.9 Å². The number of aryl methyl sites for hydroxylation is 1. The van der Waals surface area contributed by atoms with Gasteiger partial charge in [-0.25, -0.2) is 0 Å². The van der Waals surface area contributed by atoms with Crippen LogP contribution in [0.5, 0.6) is 0 Å². The summed E-state index contributed by atoms with van der Waals surface area (Å²) in [5.41, 5.74) is 3.61. The number of halogens is 1. The molecule has 0 aliphatic carbocycles. The van der Waals surface area contributed by atoms with Crippen molar-refractivity contribution in [2.24, 2.45) is 0 Å². The monoisotopic (exact) mass is 307 g/mol. The van der Waals surface area contributed by atoms with E-state index in [1.165, 1.54) is 11.1 Å². The topological polar surface area (TPSA) is 29.9 Å². The molecule has 0 saturated heterocycles. The van der Waals surface area contributed by atoms with Crippen molar-refractivity contribution in [1.29, 1.82) is 0 Å². The van der Waals surface area contributed by atoms with Crippen molar-refractivity contribution < 1.29 is 0 Å². The van der Waals surface area contributed by atoms with Crippen molar-refractivity contribution in [3.63, 3.8) is 0 Å². The van der Waals surface area contributed by atoms with Crippen LogP contribution in [0.3, 0.4) is 0 Å². The summed E-state index contributed by atoms with van der Waals surface area (Å²) in [6.07, 6.45) is 2.12. The van der Waals surface area contributed by atoms with Crippen LogP contribution in [0.2, 0.25) is 0 Å². The Morgan fingerprint density at radius 1 is 1.28 bits per heavy atom. The van der Waals surface area contributed by atoms with Crippen LogP contribution in [-0.2, 0) is 13.1 Å². The van der Waals surface area contributed by atoms with Gasteiger partial charge in [-0.05, 0) is 25.1 Å². The maximum absolute atomic E-state index is 4.56. The van der Waals surface area contributed by atoms with E-state index in [4.69, 9.17) is 0 Å². The maximum Gasteiger partial charge on any atom is 0.0670 e. The van der Waals surface area contributed by atoms with Gasteiger partial charge in [0.25, 0.3) is 0 Å². The van der Waals surface area contributed by atoms with Crippen LogP contribution in [0.1, 0.15) is 23.7 Å². The Balaban J connectivity index is 2.13. The van der Waals surface area contributed by atoms with Gasteiger partial charge in [0, 0.05) is 22.8 Å². The summed E-state index contributed by atoms with van der Waals surface area (Å²) >= 11 is 3.57. The Labute approximate surface area is 116 Å². The molecule has 0 amide bonds. The second-order valence-electron chi connectivity index (χ2n) is 4.31. The number of hydrogen-bond acceptors (Lipinski definition) is 2. The van der Waals surface area contributed by atoms with Gasteiger partial charge in [0.2, 0.25) is 0 Å². The first-order valence-corrected chi connectivity index (χ1v) is 6.97. The van der Waals surface area contributed by atoms with Gasteiger partial charge in [-0.15, -0.1) is 0 Å². The Morgan fingerprint density at radius 2 is 2.06 bits per heavy atom. The Bertz CT molecular complexity index is 520. The summed E-state index contributed by atoms with van der Waals surface area (Å²) < 4.78 is 3.13. The number of benzene rings is 1. The fourth-order valence-electron chi connectivity index (χ4n) is 1.87. The lowest BCUT2D eigenvalue weighted by Gasteiger charge is -2.04. The zero-order chi connectivity index (χ0) is 13.0. The molecule has 0 aliphatic heterocycles. The quantitative estimate of drug-likeness (QED) is 0.920. The third-order valence-corrected chi connectivity index (χ3v) is 3.68. The first-order valence-electron chi connectivity index (χ1n) is 6.17. The molecule has 18 heavy (non-hydrogen) atoms. The second-order valence-corrected chi connectivity index (χ2v) is 5.16. The summed E-state index contributed by atoms with van der Waals surface area (Å²) in [4.78, 5) is 0. The molecule has 4 heteroatoms. The molecule has 0 bridgehead atoms. The highest BCUT2D eigenvalue weighted by molar-refractivity contribution is 9.10. The lowest BCUT2D eigenvalue weighted by atomic mass is 10.2. The summed E-state index contributed by atoms with van der Waals surface area (Å²) in [6, 6.07) is 8.25. The van der Waals surface area contributed by atoms with Crippen LogP contribution >= 0.6 is 15.9 Å². The van der Waals surface area contributed by atoms with E-state index in [1.54, 1.807) is 0 Å². The van der Waals surface area contributed by atoms with Crippen LogP contribution in [-0.4, -0.2) is 16.3 Å². The first kappa shape index (κ1) is 13.3. The van der Waals surface area contributed by atoms with Crippen molar-refractivity contribution in [1.82, 2.24) is 15.1 Å². The van der Waals surface area contributed by atoms with Crippen molar-refractivity contribution in [2.75, 3.05) is 6.54 Å². The van der Waals surface area contributed by atoms with Gasteiger partial charge in [-0.3, -0.25) is 4.68 Å². The average Bonchev–Trinajstić information content (AvgIpc) is 2.70. The van der Waals surface area contributed by atoms with Gasteiger partial charge in [-0.1, -0.05) is 41.1 Å². The largest absolute Gasteiger partial charge is 0.313 e. The minimum atomic E-state index is 0.800. The summed E-state index contributed by atoms with van der Waals surface area (Å²) in [5, 5.41) is 7.89. The van der Waals surface area contributed by atoms with E-state index in [0.29, 0.717) is 0 Å². The van der Waals surface area contributed by atoms with Crippen molar-refractivity contribution in [3.05, 3.63) is 51.8 Å². The van der Waals surface area contributed by atoms with Crippen LogP contribution in [0, 0.1) is 6.92 Å². The zero-order valence-corrected chi connectivity index (χ0v) is 12.4. The van der Waals surface area contributed by atoms with E-state index in [2.05, 4.69) is 64.6 Å². The smallest absolute Gasteiger partial charge is 0.0670 e. The molecule has 2 aromatic rings. The SMILES string of the molecule is CCNCc1cn(Cc2ccccc2Br)nc1C. The van der Waals surface area contributed by atoms with E-state index in [0.717, 1.165) is 29.8 Å². The molecule has 0 unspecified atom stereocenters. The number of aromatic nitrogens is 2. The Morgan fingerprint density at radius 3 is 2.78 bits per heavy atom. The average molecular weight is 308 g/mol. The van der Waals surface area contributed by atoms with Crippen LogP contribution < -0.4 is 5.32 Å². The van der Waals surface area contributed by atoms with Gasteiger partial charge >= 0.3 is 0 Å². The predicted octanol–water partition coefficient (Wildman–Crippen LogP) is 3.11. The van der Waals surface area contributed by atoms with E-state index < -0.39 is 0 Å². The van der Waals surface area contributed by atoms with Gasteiger partial charge in [0.15, 0.2) is 0 Å². The molecule has 96 valence electrons. The Kier molecular flexibility index (Phi) is 4.55. The third-order valence-electron chi connectivity index (χ3n) is 2.90. The minimum absolute atomic E-state index is 0.800. The number of hydrogen-bond donors (Lipinski definition) is 1. The van der Waals surface area contributed by atoms with E-state index in [1.807, 2.05) is 10.7 Å². The molecule has 0 radical (unpaired) electrons. The summed E-state index contributed by atoms with van der Waals surface area (Å²) in [5.74, 6) is 0. The molecule has 1 heterocycles. The number of nitrogens with zero attached hydrogens (tertiary/aromatic N) is 2. The molecule has 0 aliphatic rings. The fourth-order valence-corrected chi connectivity index (χ4v) is 2.28. The predicted molar refractivity (Wildman–Crippen MR) is 77.6 cm³/mol. The molecular weight excluding hydrogens is 290 g/mol. The standard InChI is InChI=1S/C14H18BrN3/c1-3-16-8-13-10-18(17-11(13)2)9-12-6-4-5-7-14(12)15/h4-7,10,16H,3,8-9H2,1-2H3. The van der Waals surface area contributed by atoms with Crippen LogP contribution in [0.25, 0.3) is 0 Å². The molecule has 1 aromatic heterocycles. The molecule has 1 N–H and O–H groups in total. The molecule has 0 atom stereocenters. The lowest BCUT2D eigenvalue weighted by molar-refractivity contribution is 0.676. The highest BCUT2D eigenvalue weighted by atomic mass is 79.9. The van der Waals surface area contributed by atoms with Gasteiger partial charge < -0.3 is 5.32 Å². The lowest BCUT2D eigenvalue weighted by Crippen LogP contribution is -2.11. The summed E-state index contributed by atoms with van der Waals surface area (Å²) in [7, 11) is 0. The number of nitrogens with one attached hydrogen (secondary N) is 1. The highest BCUT2D eigenvalue weighted by Gasteiger charge is 2.06. The van der Waals surface area contributed by atoms with E-state index >= 15 is 0 Å². The molecule has 1 aromatic carbocycles. The molecule has 0 fully saturated rings. The van der Waals surface area contributed by atoms with Crippen molar-refractivity contribution in [2.45, 2.75) is 26.9 Å². The molecule has 2 rings (SSSR count). The van der Waals surface area contributed by atoms with E-state index in [9.17, 15) is 0 Å². The molecular formula is C14H18BrN3. The van der Waals surface area contributed by atoms with Gasteiger partial charge in [0.05, 0.1) is 12.2 Å². The van der Waals surface area contributed by atoms with Gasteiger partial charge in [0.1, 0.15) is 0 Å². The van der Waals surface area contributed by atoms with Crippen LogP contribution in [0.4, 0.5) is 0 Å². The zero-order valence-electron chi connectivity index (χ0n) is 10.8.